The van der Waals surface area contributed by atoms with E-state index >= 15 is 0 Å². The van der Waals surface area contributed by atoms with E-state index in [2.05, 4.69) is 35.9 Å². The molecule has 0 saturated heterocycles. The molecule has 5 heteroatoms. The first kappa shape index (κ1) is 8.25. The van der Waals surface area contributed by atoms with Gasteiger partial charge in [-0.3, -0.25) is 4.98 Å². The molecule has 0 bridgehead atoms. The van der Waals surface area contributed by atoms with Crippen molar-refractivity contribution in [1.82, 2.24) is 19.9 Å². The van der Waals surface area contributed by atoms with Crippen LogP contribution in [0, 0.1) is 0 Å². The number of aromatic nitrogens is 4. The average Bonchev–Trinajstić information content (AvgIpc) is 2.19. The number of pyridine rings is 1. The quantitative estimate of drug-likeness (QED) is 0.757. The second-order valence-electron chi connectivity index (χ2n) is 2.29. The molecule has 0 radical (unpaired) electrons. The van der Waals surface area contributed by atoms with E-state index in [0.29, 0.717) is 10.6 Å². The molecule has 2 aromatic rings. The van der Waals surface area contributed by atoms with Crippen LogP contribution in [-0.4, -0.2) is 19.9 Å². The van der Waals surface area contributed by atoms with Crippen molar-refractivity contribution < 1.29 is 0 Å². The molecule has 2 heterocycles. The zero-order chi connectivity index (χ0) is 9.10. The molecule has 0 fully saturated rings. The number of halogens is 1. The van der Waals surface area contributed by atoms with E-state index in [1.54, 1.807) is 6.20 Å². The highest BCUT2D eigenvalue weighted by atomic mass is 79.9. The van der Waals surface area contributed by atoms with Gasteiger partial charge < -0.3 is 0 Å². The van der Waals surface area contributed by atoms with E-state index in [1.807, 2.05) is 18.2 Å². The summed E-state index contributed by atoms with van der Waals surface area (Å²) in [5.74, 6) is 0.572. The van der Waals surface area contributed by atoms with Crippen LogP contribution in [0.15, 0.2) is 35.5 Å². The third-order valence-corrected chi connectivity index (χ3v) is 1.82. The molecule has 2 rings (SSSR count). The fraction of sp³-hybridized carbons (Fsp3) is 0. The van der Waals surface area contributed by atoms with Gasteiger partial charge in [0.2, 0.25) is 0 Å². The van der Waals surface area contributed by atoms with Gasteiger partial charge in [0.25, 0.3) is 0 Å². The molecule has 0 unspecified atom stereocenters. The SMILES string of the molecule is Brc1ncnc(-c2ccccn2)n1. The van der Waals surface area contributed by atoms with Crippen molar-refractivity contribution in [2.24, 2.45) is 0 Å². The molecular formula is C8H5BrN4. The third-order valence-electron chi connectivity index (χ3n) is 1.44. The van der Waals surface area contributed by atoms with E-state index < -0.39 is 0 Å². The van der Waals surface area contributed by atoms with Crippen LogP contribution in [-0.2, 0) is 0 Å². The normalized spacial score (nSPS) is 9.92. The first-order chi connectivity index (χ1) is 6.36. The highest BCUT2D eigenvalue weighted by Crippen LogP contribution is 2.10. The van der Waals surface area contributed by atoms with Crippen LogP contribution in [0.25, 0.3) is 11.5 Å². The molecule has 0 atom stereocenters. The van der Waals surface area contributed by atoms with Gasteiger partial charge in [0.1, 0.15) is 12.0 Å². The first-order valence-electron chi connectivity index (χ1n) is 3.62. The maximum Gasteiger partial charge on any atom is 0.200 e. The minimum atomic E-state index is 0.517. The molecule has 0 saturated carbocycles. The molecule has 0 aliphatic carbocycles. The van der Waals surface area contributed by atoms with Crippen LogP contribution in [0.3, 0.4) is 0 Å². The van der Waals surface area contributed by atoms with Crippen molar-refractivity contribution in [3.8, 4) is 11.5 Å². The lowest BCUT2D eigenvalue weighted by atomic mass is 10.3. The molecule has 2 aromatic heterocycles. The summed E-state index contributed by atoms with van der Waals surface area (Å²) in [5, 5.41) is 0. The smallest absolute Gasteiger partial charge is 0.200 e. The van der Waals surface area contributed by atoms with Gasteiger partial charge in [-0.15, -0.1) is 0 Å². The molecule has 13 heavy (non-hydrogen) atoms. The minimum Gasteiger partial charge on any atom is -0.253 e. The summed E-state index contributed by atoms with van der Waals surface area (Å²) >= 11 is 3.17. The van der Waals surface area contributed by atoms with Gasteiger partial charge in [0.15, 0.2) is 10.6 Å². The Morgan fingerprint density at radius 2 is 2.00 bits per heavy atom. The van der Waals surface area contributed by atoms with Crippen LogP contribution >= 0.6 is 15.9 Å². The number of hydrogen-bond donors (Lipinski definition) is 0. The van der Waals surface area contributed by atoms with Crippen LogP contribution in [0.2, 0.25) is 0 Å². The zero-order valence-corrected chi connectivity index (χ0v) is 8.14. The zero-order valence-electron chi connectivity index (χ0n) is 6.55. The van der Waals surface area contributed by atoms with Crippen molar-refractivity contribution in [3.05, 3.63) is 35.5 Å². The van der Waals surface area contributed by atoms with Gasteiger partial charge in [0, 0.05) is 6.20 Å². The van der Waals surface area contributed by atoms with Crippen LogP contribution in [0.1, 0.15) is 0 Å². The van der Waals surface area contributed by atoms with Crippen molar-refractivity contribution in [2.45, 2.75) is 0 Å². The summed E-state index contributed by atoms with van der Waals surface area (Å²) in [5.41, 5.74) is 0.741. The van der Waals surface area contributed by atoms with Crippen molar-refractivity contribution in [2.75, 3.05) is 0 Å². The highest BCUT2D eigenvalue weighted by molar-refractivity contribution is 9.10. The lowest BCUT2D eigenvalue weighted by molar-refractivity contribution is 1.01. The van der Waals surface area contributed by atoms with Gasteiger partial charge in [-0.05, 0) is 28.1 Å². The fourth-order valence-electron chi connectivity index (χ4n) is 0.895. The Morgan fingerprint density at radius 1 is 1.08 bits per heavy atom. The molecular weight excluding hydrogens is 232 g/mol. The second kappa shape index (κ2) is 3.57. The predicted molar refractivity (Wildman–Crippen MR) is 50.8 cm³/mol. The number of rotatable bonds is 1. The molecule has 0 aliphatic rings. The molecule has 0 aliphatic heterocycles. The Bertz CT molecular complexity index is 404. The Morgan fingerprint density at radius 3 is 2.69 bits per heavy atom. The van der Waals surface area contributed by atoms with E-state index in [4.69, 9.17) is 0 Å². The highest BCUT2D eigenvalue weighted by Gasteiger charge is 2.01. The average molecular weight is 237 g/mol. The maximum atomic E-state index is 4.12. The van der Waals surface area contributed by atoms with Crippen molar-refractivity contribution in [3.63, 3.8) is 0 Å². The minimum absolute atomic E-state index is 0.517. The van der Waals surface area contributed by atoms with Crippen LogP contribution in [0.4, 0.5) is 0 Å². The van der Waals surface area contributed by atoms with E-state index in [-0.39, 0.29) is 0 Å². The first-order valence-corrected chi connectivity index (χ1v) is 4.41. The Hall–Kier alpha value is -1.36. The third kappa shape index (κ3) is 1.86. The summed E-state index contributed by atoms with van der Waals surface area (Å²) in [4.78, 5) is 16.0. The summed E-state index contributed by atoms with van der Waals surface area (Å²) in [7, 11) is 0. The van der Waals surface area contributed by atoms with Gasteiger partial charge in [-0.25, -0.2) is 15.0 Å². The second-order valence-corrected chi connectivity index (χ2v) is 3.00. The number of hydrogen-bond acceptors (Lipinski definition) is 4. The largest absolute Gasteiger partial charge is 0.253 e. The lowest BCUT2D eigenvalue weighted by Crippen LogP contribution is -1.92. The van der Waals surface area contributed by atoms with Gasteiger partial charge >= 0.3 is 0 Å². The summed E-state index contributed by atoms with van der Waals surface area (Å²) in [6, 6.07) is 5.58. The van der Waals surface area contributed by atoms with E-state index in [0.717, 1.165) is 5.69 Å². The number of nitrogens with zero attached hydrogens (tertiary/aromatic N) is 4. The Balaban J connectivity index is 2.48. The van der Waals surface area contributed by atoms with Crippen molar-refractivity contribution >= 4 is 15.9 Å². The lowest BCUT2D eigenvalue weighted by Gasteiger charge is -1.96. The standard InChI is InChI=1S/C8H5BrN4/c9-8-12-5-11-7(13-8)6-3-1-2-4-10-6/h1-5H. The van der Waals surface area contributed by atoms with Crippen LogP contribution in [0.5, 0.6) is 0 Å². The predicted octanol–water partition coefficient (Wildman–Crippen LogP) is 1.70. The van der Waals surface area contributed by atoms with Gasteiger partial charge in [-0.1, -0.05) is 6.07 Å². The monoisotopic (exact) mass is 236 g/mol. The molecule has 0 spiro atoms. The Kier molecular flexibility index (Phi) is 2.27. The molecule has 0 aromatic carbocycles. The van der Waals surface area contributed by atoms with Crippen LogP contribution < -0.4 is 0 Å². The molecule has 0 N–H and O–H groups in total. The Labute approximate surface area is 83.2 Å². The fourth-order valence-corrected chi connectivity index (χ4v) is 1.15. The summed E-state index contributed by atoms with van der Waals surface area (Å²) < 4.78 is 0.517. The van der Waals surface area contributed by atoms with Gasteiger partial charge in [-0.2, -0.15) is 0 Å². The molecule has 4 nitrogen and oxygen atoms in total. The van der Waals surface area contributed by atoms with E-state index in [9.17, 15) is 0 Å². The van der Waals surface area contributed by atoms with E-state index in [1.165, 1.54) is 6.33 Å². The maximum absolute atomic E-state index is 4.12. The summed E-state index contributed by atoms with van der Waals surface area (Å²) in [6.07, 6.45) is 3.15. The molecule has 0 amide bonds. The van der Waals surface area contributed by atoms with Gasteiger partial charge in [0.05, 0.1) is 0 Å². The topological polar surface area (TPSA) is 51.6 Å². The molecule has 64 valence electrons. The summed E-state index contributed by atoms with van der Waals surface area (Å²) in [6.45, 7) is 0. The van der Waals surface area contributed by atoms with Crippen molar-refractivity contribution in [1.29, 1.82) is 0 Å².